The number of amides is 2. The second kappa shape index (κ2) is 6.67. The minimum absolute atomic E-state index is 0.252. The van der Waals surface area contributed by atoms with Crippen LogP contribution in [0.3, 0.4) is 0 Å². The second-order valence-corrected chi connectivity index (χ2v) is 6.55. The molecule has 1 aromatic carbocycles. The second-order valence-electron chi connectivity index (χ2n) is 4.59. The van der Waals surface area contributed by atoms with Gasteiger partial charge in [0.25, 0.3) is 11.8 Å². The molecular weight excluding hydrogens is 332 g/mol. The minimum Gasteiger partial charge on any atom is -0.321 e. The van der Waals surface area contributed by atoms with Crippen molar-refractivity contribution in [2.45, 2.75) is 6.92 Å². The molecule has 2 amide bonds. The summed E-state index contributed by atoms with van der Waals surface area (Å²) in [5.74, 6) is -0.597. The molecule has 0 saturated carbocycles. The molecule has 3 rings (SSSR count). The Morgan fingerprint density at radius 3 is 2.57 bits per heavy atom. The fourth-order valence-corrected chi connectivity index (χ4v) is 3.11. The highest BCUT2D eigenvalue weighted by molar-refractivity contribution is 7.15. The van der Waals surface area contributed by atoms with Crippen molar-refractivity contribution in [1.29, 1.82) is 0 Å². The normalized spacial score (nSPS) is 10.3. The third-order valence-corrected chi connectivity index (χ3v) is 4.39. The van der Waals surface area contributed by atoms with E-state index in [0.717, 1.165) is 5.01 Å². The van der Waals surface area contributed by atoms with Gasteiger partial charge in [-0.3, -0.25) is 14.9 Å². The van der Waals surface area contributed by atoms with Crippen LogP contribution in [0.1, 0.15) is 25.7 Å². The molecular formula is C15H12N4O2S2. The Morgan fingerprint density at radius 1 is 1.04 bits per heavy atom. The Bertz CT molecular complexity index is 843. The number of carbonyl (C=O) groups is 2. The molecule has 6 nitrogen and oxygen atoms in total. The molecule has 0 fully saturated rings. The number of nitrogens with one attached hydrogen (secondary N) is 2. The molecule has 2 aromatic heterocycles. The van der Waals surface area contributed by atoms with Crippen LogP contribution in [0.5, 0.6) is 0 Å². The summed E-state index contributed by atoms with van der Waals surface area (Å²) in [6.45, 7) is 1.81. The molecule has 2 heterocycles. The van der Waals surface area contributed by atoms with Crippen molar-refractivity contribution in [2.75, 3.05) is 10.6 Å². The van der Waals surface area contributed by atoms with E-state index in [9.17, 15) is 9.59 Å². The molecule has 116 valence electrons. The first-order chi connectivity index (χ1) is 11.1. The fourth-order valence-electron chi connectivity index (χ4n) is 1.89. The topological polar surface area (TPSA) is 84.0 Å². The number of aromatic nitrogens is 2. The number of para-hydroxylation sites is 1. The molecule has 0 bridgehead atoms. The predicted molar refractivity (Wildman–Crippen MR) is 91.3 cm³/mol. The lowest BCUT2D eigenvalue weighted by molar-refractivity contribution is 0.102. The number of benzene rings is 1. The Morgan fingerprint density at radius 2 is 1.87 bits per heavy atom. The van der Waals surface area contributed by atoms with Gasteiger partial charge in [-0.05, 0) is 30.5 Å². The first-order valence-corrected chi connectivity index (χ1v) is 8.43. The number of rotatable bonds is 4. The molecule has 0 spiro atoms. The molecule has 8 heteroatoms. The van der Waals surface area contributed by atoms with Gasteiger partial charge in [0.05, 0.1) is 16.8 Å². The van der Waals surface area contributed by atoms with E-state index >= 15 is 0 Å². The van der Waals surface area contributed by atoms with Crippen molar-refractivity contribution in [3.8, 4) is 0 Å². The summed E-state index contributed by atoms with van der Waals surface area (Å²) in [4.78, 5) is 24.5. The number of anilines is 2. The van der Waals surface area contributed by atoms with Crippen LogP contribution in [0.15, 0.2) is 41.1 Å². The average molecular weight is 344 g/mol. The Labute approximate surface area is 140 Å². The minimum atomic E-state index is -0.345. The number of hydrogen-bond acceptors (Lipinski definition) is 6. The maximum absolute atomic E-state index is 12.4. The van der Waals surface area contributed by atoms with E-state index in [-0.39, 0.29) is 11.8 Å². The van der Waals surface area contributed by atoms with E-state index in [0.29, 0.717) is 21.9 Å². The SMILES string of the molecule is Cc1nnc(NC(=O)c2ccccc2NC(=O)c2ccsc2)s1. The van der Waals surface area contributed by atoms with Gasteiger partial charge in [0.15, 0.2) is 0 Å². The maximum atomic E-state index is 12.4. The molecule has 3 aromatic rings. The highest BCUT2D eigenvalue weighted by Gasteiger charge is 2.15. The average Bonchev–Trinajstić information content (AvgIpc) is 3.19. The highest BCUT2D eigenvalue weighted by Crippen LogP contribution is 2.20. The molecule has 0 radical (unpaired) electrons. The van der Waals surface area contributed by atoms with Crippen LogP contribution >= 0.6 is 22.7 Å². The third-order valence-electron chi connectivity index (χ3n) is 2.95. The van der Waals surface area contributed by atoms with Crippen molar-refractivity contribution in [3.63, 3.8) is 0 Å². The summed E-state index contributed by atoms with van der Waals surface area (Å²) in [6, 6.07) is 8.55. The summed E-state index contributed by atoms with van der Waals surface area (Å²) in [6.07, 6.45) is 0. The van der Waals surface area contributed by atoms with Crippen LogP contribution in [0, 0.1) is 6.92 Å². The van der Waals surface area contributed by atoms with E-state index in [1.807, 2.05) is 12.3 Å². The third kappa shape index (κ3) is 3.61. The first-order valence-electron chi connectivity index (χ1n) is 6.67. The molecule has 0 unspecified atom stereocenters. The van der Waals surface area contributed by atoms with Crippen molar-refractivity contribution >= 4 is 45.3 Å². The summed E-state index contributed by atoms with van der Waals surface area (Å²) >= 11 is 2.73. The molecule has 0 aliphatic rings. The number of thiophene rings is 1. The van der Waals surface area contributed by atoms with Crippen LogP contribution < -0.4 is 10.6 Å². The van der Waals surface area contributed by atoms with Gasteiger partial charge in [0.2, 0.25) is 5.13 Å². The quantitative estimate of drug-likeness (QED) is 0.759. The van der Waals surface area contributed by atoms with Gasteiger partial charge in [0, 0.05) is 5.38 Å². The van der Waals surface area contributed by atoms with Crippen molar-refractivity contribution in [2.24, 2.45) is 0 Å². The van der Waals surface area contributed by atoms with Gasteiger partial charge in [-0.2, -0.15) is 11.3 Å². The Balaban J connectivity index is 1.80. The van der Waals surface area contributed by atoms with Crippen LogP contribution in [0.2, 0.25) is 0 Å². The van der Waals surface area contributed by atoms with Crippen molar-refractivity contribution in [1.82, 2.24) is 10.2 Å². The summed E-state index contributed by atoms with van der Waals surface area (Å²) in [7, 11) is 0. The lowest BCUT2D eigenvalue weighted by Crippen LogP contribution is -2.17. The standard InChI is InChI=1S/C15H12N4O2S2/c1-9-18-19-15(23-9)17-14(21)11-4-2-3-5-12(11)16-13(20)10-6-7-22-8-10/h2-8H,1H3,(H,16,20)(H,17,19,21). The van der Waals surface area contributed by atoms with Gasteiger partial charge in [-0.15, -0.1) is 10.2 Å². The highest BCUT2D eigenvalue weighted by atomic mass is 32.1. The van der Waals surface area contributed by atoms with Crippen molar-refractivity contribution in [3.05, 3.63) is 57.2 Å². The lowest BCUT2D eigenvalue weighted by atomic mass is 10.1. The molecule has 2 N–H and O–H groups in total. The van der Waals surface area contributed by atoms with Gasteiger partial charge < -0.3 is 5.32 Å². The largest absolute Gasteiger partial charge is 0.321 e. The van der Waals surface area contributed by atoms with Crippen LogP contribution in [0.25, 0.3) is 0 Å². The van der Waals surface area contributed by atoms with Crippen LogP contribution in [-0.2, 0) is 0 Å². The van der Waals surface area contributed by atoms with Crippen LogP contribution in [-0.4, -0.2) is 22.0 Å². The Hall–Kier alpha value is -2.58. The van der Waals surface area contributed by atoms with Gasteiger partial charge >= 0.3 is 0 Å². The van der Waals surface area contributed by atoms with E-state index in [2.05, 4.69) is 20.8 Å². The summed E-state index contributed by atoms with van der Waals surface area (Å²) in [5, 5.41) is 17.9. The van der Waals surface area contributed by atoms with E-state index in [1.165, 1.54) is 22.7 Å². The van der Waals surface area contributed by atoms with Crippen molar-refractivity contribution < 1.29 is 9.59 Å². The Kier molecular flexibility index (Phi) is 4.45. The number of aryl methyl sites for hydroxylation is 1. The number of nitrogens with zero attached hydrogens (tertiary/aromatic N) is 2. The lowest BCUT2D eigenvalue weighted by Gasteiger charge is -2.09. The molecule has 0 aliphatic carbocycles. The molecule has 23 heavy (non-hydrogen) atoms. The maximum Gasteiger partial charge on any atom is 0.259 e. The smallest absolute Gasteiger partial charge is 0.259 e. The molecule has 0 aliphatic heterocycles. The van der Waals surface area contributed by atoms with Crippen LogP contribution in [0.4, 0.5) is 10.8 Å². The summed E-state index contributed by atoms with van der Waals surface area (Å²) < 4.78 is 0. The monoisotopic (exact) mass is 344 g/mol. The number of carbonyl (C=O) groups excluding carboxylic acids is 2. The zero-order valence-corrected chi connectivity index (χ0v) is 13.7. The number of hydrogen-bond donors (Lipinski definition) is 2. The first kappa shape index (κ1) is 15.3. The van der Waals surface area contributed by atoms with E-state index < -0.39 is 0 Å². The van der Waals surface area contributed by atoms with Gasteiger partial charge in [0.1, 0.15) is 5.01 Å². The van der Waals surface area contributed by atoms with Gasteiger partial charge in [-0.1, -0.05) is 23.5 Å². The zero-order valence-electron chi connectivity index (χ0n) is 12.1. The van der Waals surface area contributed by atoms with E-state index in [4.69, 9.17) is 0 Å². The fraction of sp³-hybridized carbons (Fsp3) is 0.0667. The molecule has 0 saturated heterocycles. The zero-order chi connectivity index (χ0) is 16.2. The molecule has 0 atom stereocenters. The summed E-state index contributed by atoms with van der Waals surface area (Å²) in [5.41, 5.74) is 1.37. The van der Waals surface area contributed by atoms with E-state index in [1.54, 1.807) is 35.7 Å². The predicted octanol–water partition coefficient (Wildman–Crippen LogP) is 3.41. The van der Waals surface area contributed by atoms with Gasteiger partial charge in [-0.25, -0.2) is 0 Å².